The topological polar surface area (TPSA) is 93.7 Å². The molecule has 35 heavy (non-hydrogen) atoms. The number of amides is 2. The third kappa shape index (κ3) is 7.73. The van der Waals surface area contributed by atoms with Crippen molar-refractivity contribution in [2.45, 2.75) is 26.5 Å². The van der Waals surface area contributed by atoms with Crippen LogP contribution in [0.15, 0.2) is 72.8 Å². The molecular weight excluding hydrogens is 491 g/mol. The minimum absolute atomic E-state index is 0.0425. The van der Waals surface area contributed by atoms with Crippen LogP contribution in [0.3, 0.4) is 0 Å². The number of ether oxygens (including phenoxy) is 2. The first kappa shape index (κ1) is 26.1. The summed E-state index contributed by atoms with van der Waals surface area (Å²) in [5.41, 5.74) is 1.41. The fraction of sp³-hybridized carbons (Fsp3) is 0.192. The molecule has 0 aliphatic carbocycles. The Morgan fingerprint density at radius 3 is 2.20 bits per heavy atom. The molecule has 0 unspecified atom stereocenters. The summed E-state index contributed by atoms with van der Waals surface area (Å²) >= 11 is 12.0. The highest BCUT2D eigenvalue weighted by Gasteiger charge is 2.28. The Labute approximate surface area is 213 Å². The highest BCUT2D eigenvalue weighted by molar-refractivity contribution is 6.31. The van der Waals surface area contributed by atoms with E-state index in [0.717, 1.165) is 5.56 Å². The molecule has 7 nitrogen and oxygen atoms in total. The fourth-order valence-corrected chi connectivity index (χ4v) is 3.35. The Hall–Kier alpha value is -3.55. The molecule has 3 rings (SSSR count). The van der Waals surface area contributed by atoms with Gasteiger partial charge in [0.05, 0.1) is 5.56 Å². The molecule has 0 spiro atoms. The van der Waals surface area contributed by atoms with E-state index in [1.807, 2.05) is 30.3 Å². The van der Waals surface area contributed by atoms with Gasteiger partial charge in [-0.05, 0) is 47.9 Å². The number of halogens is 2. The number of hydrogen-bond acceptors (Lipinski definition) is 5. The van der Waals surface area contributed by atoms with E-state index in [1.165, 1.54) is 18.2 Å². The first-order valence-electron chi connectivity index (χ1n) is 10.8. The maximum atomic E-state index is 13.0. The second-order valence-corrected chi connectivity index (χ2v) is 8.82. The maximum Gasteiger partial charge on any atom is 0.408 e. The molecule has 0 radical (unpaired) electrons. The van der Waals surface area contributed by atoms with Crippen molar-refractivity contribution in [2.24, 2.45) is 5.92 Å². The zero-order chi connectivity index (χ0) is 25.4. The molecule has 0 aromatic heterocycles. The summed E-state index contributed by atoms with van der Waals surface area (Å²) in [5.74, 6) is -1.64. The lowest BCUT2D eigenvalue weighted by Gasteiger charge is -2.21. The van der Waals surface area contributed by atoms with E-state index in [0.29, 0.717) is 10.7 Å². The minimum atomic E-state index is -1.02. The number of esters is 1. The number of hydrogen-bond donors (Lipinski definition) is 2. The Morgan fingerprint density at radius 1 is 0.886 bits per heavy atom. The van der Waals surface area contributed by atoms with E-state index < -0.39 is 24.0 Å². The summed E-state index contributed by atoms with van der Waals surface area (Å²) in [5, 5.41) is 6.04. The van der Waals surface area contributed by atoms with Crippen LogP contribution in [0.25, 0.3) is 0 Å². The van der Waals surface area contributed by atoms with Crippen LogP contribution in [0, 0.1) is 5.92 Å². The number of benzene rings is 3. The van der Waals surface area contributed by atoms with Crippen LogP contribution in [-0.2, 0) is 16.1 Å². The Morgan fingerprint density at radius 2 is 1.54 bits per heavy atom. The average Bonchev–Trinajstić information content (AvgIpc) is 2.83. The number of rotatable bonds is 8. The maximum absolute atomic E-state index is 13.0. The zero-order valence-corrected chi connectivity index (χ0v) is 20.6. The van der Waals surface area contributed by atoms with Gasteiger partial charge < -0.3 is 20.1 Å². The van der Waals surface area contributed by atoms with Crippen molar-refractivity contribution in [3.8, 4) is 5.75 Å². The average molecular weight is 515 g/mol. The molecule has 0 fully saturated rings. The van der Waals surface area contributed by atoms with Gasteiger partial charge in [0.15, 0.2) is 0 Å². The third-order valence-corrected chi connectivity index (χ3v) is 5.39. The van der Waals surface area contributed by atoms with Crippen molar-refractivity contribution in [3.05, 3.63) is 94.0 Å². The van der Waals surface area contributed by atoms with Crippen molar-refractivity contribution >= 4 is 46.9 Å². The summed E-state index contributed by atoms with van der Waals surface area (Å²) < 4.78 is 10.7. The summed E-state index contributed by atoms with van der Waals surface area (Å²) in [6.07, 6.45) is -0.767. The van der Waals surface area contributed by atoms with Gasteiger partial charge in [-0.15, -0.1) is 0 Å². The van der Waals surface area contributed by atoms with Gasteiger partial charge in [0, 0.05) is 21.8 Å². The molecule has 0 saturated heterocycles. The Balaban J connectivity index is 1.70. The van der Waals surface area contributed by atoms with E-state index in [4.69, 9.17) is 32.7 Å². The smallest absolute Gasteiger partial charge is 0.408 e. The van der Waals surface area contributed by atoms with E-state index in [-0.39, 0.29) is 28.9 Å². The van der Waals surface area contributed by atoms with Crippen molar-refractivity contribution < 1.29 is 23.9 Å². The summed E-state index contributed by atoms with van der Waals surface area (Å²) in [4.78, 5) is 38.1. The predicted octanol–water partition coefficient (Wildman–Crippen LogP) is 6.10. The van der Waals surface area contributed by atoms with E-state index in [9.17, 15) is 14.4 Å². The third-order valence-electron chi connectivity index (χ3n) is 4.91. The summed E-state index contributed by atoms with van der Waals surface area (Å²) in [6.45, 7) is 3.54. The first-order chi connectivity index (χ1) is 16.7. The molecule has 9 heteroatoms. The van der Waals surface area contributed by atoms with Crippen LogP contribution >= 0.6 is 23.2 Å². The number of nitrogens with one attached hydrogen (secondary N) is 2. The summed E-state index contributed by atoms with van der Waals surface area (Å²) in [6, 6.07) is 19.0. The fourth-order valence-electron chi connectivity index (χ4n) is 3.06. The molecule has 2 amide bonds. The van der Waals surface area contributed by atoms with Gasteiger partial charge in [-0.2, -0.15) is 0 Å². The normalized spacial score (nSPS) is 11.5. The largest absolute Gasteiger partial charge is 0.445 e. The van der Waals surface area contributed by atoms with Gasteiger partial charge in [-0.3, -0.25) is 4.79 Å². The molecule has 3 aromatic carbocycles. The van der Waals surface area contributed by atoms with E-state index in [1.54, 1.807) is 38.1 Å². The van der Waals surface area contributed by atoms with Gasteiger partial charge >= 0.3 is 12.1 Å². The van der Waals surface area contributed by atoms with Crippen LogP contribution in [0.1, 0.15) is 29.8 Å². The molecule has 0 bridgehead atoms. The monoisotopic (exact) mass is 514 g/mol. The molecule has 0 heterocycles. The van der Waals surface area contributed by atoms with Gasteiger partial charge in [0.2, 0.25) is 0 Å². The van der Waals surface area contributed by atoms with E-state index in [2.05, 4.69) is 10.6 Å². The molecule has 0 aliphatic heterocycles. The number of carbonyl (C=O) groups excluding carboxylic acids is 3. The second kappa shape index (κ2) is 12.2. The van der Waals surface area contributed by atoms with Crippen molar-refractivity contribution in [3.63, 3.8) is 0 Å². The molecule has 0 saturated carbocycles. The minimum Gasteiger partial charge on any atom is -0.445 e. The molecule has 3 aromatic rings. The SMILES string of the molecule is CC(C)[C@@H](NC(=O)OCc1ccccc1)C(=O)Oc1cc(Cl)ccc1C(=O)Nc1ccc(Cl)cc1. The van der Waals surface area contributed by atoms with Crippen LogP contribution < -0.4 is 15.4 Å². The van der Waals surface area contributed by atoms with Crippen molar-refractivity contribution in [1.29, 1.82) is 0 Å². The van der Waals surface area contributed by atoms with Crippen LogP contribution in [0.5, 0.6) is 5.75 Å². The highest BCUT2D eigenvalue weighted by atomic mass is 35.5. The van der Waals surface area contributed by atoms with Crippen LogP contribution in [-0.4, -0.2) is 24.0 Å². The van der Waals surface area contributed by atoms with Crippen LogP contribution in [0.2, 0.25) is 10.0 Å². The van der Waals surface area contributed by atoms with Crippen molar-refractivity contribution in [2.75, 3.05) is 5.32 Å². The predicted molar refractivity (Wildman–Crippen MR) is 135 cm³/mol. The molecule has 2 N–H and O–H groups in total. The lowest BCUT2D eigenvalue weighted by molar-refractivity contribution is -0.137. The van der Waals surface area contributed by atoms with E-state index >= 15 is 0 Å². The van der Waals surface area contributed by atoms with Gasteiger partial charge in [-0.25, -0.2) is 9.59 Å². The second-order valence-electron chi connectivity index (χ2n) is 7.95. The van der Waals surface area contributed by atoms with Gasteiger partial charge in [-0.1, -0.05) is 67.4 Å². The molecule has 182 valence electrons. The van der Waals surface area contributed by atoms with Gasteiger partial charge in [0.1, 0.15) is 18.4 Å². The zero-order valence-electron chi connectivity index (χ0n) is 19.1. The Bertz CT molecular complexity index is 1180. The number of alkyl carbamates (subject to hydrolysis) is 1. The molecular formula is C26H24Cl2N2O5. The quantitative estimate of drug-likeness (QED) is 0.279. The molecule has 1 atom stereocenters. The number of anilines is 1. The highest BCUT2D eigenvalue weighted by Crippen LogP contribution is 2.26. The lowest BCUT2D eigenvalue weighted by Crippen LogP contribution is -2.46. The molecule has 0 aliphatic rings. The first-order valence-corrected chi connectivity index (χ1v) is 11.5. The standard InChI is InChI=1S/C26H24Cl2N2O5/c1-16(2)23(30-26(33)34-15-17-6-4-3-5-7-17)25(32)35-22-14-19(28)10-13-21(22)24(31)29-20-11-8-18(27)9-12-20/h3-14,16,23H,15H2,1-2H3,(H,29,31)(H,30,33)/t23-/m1/s1. The Kier molecular flexibility index (Phi) is 9.11. The lowest BCUT2D eigenvalue weighted by atomic mass is 10.0. The van der Waals surface area contributed by atoms with Gasteiger partial charge in [0.25, 0.3) is 5.91 Å². The summed E-state index contributed by atoms with van der Waals surface area (Å²) in [7, 11) is 0. The van der Waals surface area contributed by atoms with Crippen LogP contribution in [0.4, 0.5) is 10.5 Å². The number of carbonyl (C=O) groups is 3. The van der Waals surface area contributed by atoms with Crippen molar-refractivity contribution in [1.82, 2.24) is 5.32 Å².